The van der Waals surface area contributed by atoms with Crippen molar-refractivity contribution in [3.63, 3.8) is 0 Å². The lowest BCUT2D eigenvalue weighted by Crippen LogP contribution is -2.25. The van der Waals surface area contributed by atoms with Gasteiger partial charge in [0.15, 0.2) is 0 Å². The maximum absolute atomic E-state index is 5.83. The molecule has 16 heavy (non-hydrogen) atoms. The van der Waals surface area contributed by atoms with Crippen LogP contribution in [0.1, 0.15) is 30.9 Å². The first-order valence-corrected chi connectivity index (χ1v) is 6.26. The molecule has 0 amide bonds. The van der Waals surface area contributed by atoms with Gasteiger partial charge in [-0.05, 0) is 49.4 Å². The molecule has 1 aromatic rings. The molecule has 0 radical (unpaired) electrons. The van der Waals surface area contributed by atoms with E-state index >= 15 is 0 Å². The molecule has 0 heterocycles. The van der Waals surface area contributed by atoms with E-state index in [2.05, 4.69) is 30.9 Å². The highest BCUT2D eigenvalue weighted by molar-refractivity contribution is 5.47. The minimum atomic E-state index is 0.897. The SMILES string of the molecule is CCN(Cc1ccc(N)c(C)c1)CC1CC1. The summed E-state index contributed by atoms with van der Waals surface area (Å²) in [7, 11) is 0. The van der Waals surface area contributed by atoms with Crippen molar-refractivity contribution in [3.8, 4) is 0 Å². The highest BCUT2D eigenvalue weighted by Gasteiger charge is 2.23. The number of nitrogen functional groups attached to an aromatic ring is 1. The second-order valence-electron chi connectivity index (χ2n) is 4.96. The molecular formula is C14H22N2. The van der Waals surface area contributed by atoms with Gasteiger partial charge in [0.1, 0.15) is 0 Å². The molecule has 1 aliphatic rings. The summed E-state index contributed by atoms with van der Waals surface area (Å²) in [6.45, 7) is 7.79. The summed E-state index contributed by atoms with van der Waals surface area (Å²) in [4.78, 5) is 2.53. The Morgan fingerprint density at radius 3 is 2.69 bits per heavy atom. The van der Waals surface area contributed by atoms with Crippen LogP contribution in [0.5, 0.6) is 0 Å². The third-order valence-corrected chi connectivity index (χ3v) is 3.40. The maximum atomic E-state index is 5.83. The number of benzene rings is 1. The van der Waals surface area contributed by atoms with Crippen LogP contribution in [-0.2, 0) is 6.54 Å². The van der Waals surface area contributed by atoms with Crippen LogP contribution in [0.4, 0.5) is 5.69 Å². The van der Waals surface area contributed by atoms with E-state index in [0.29, 0.717) is 0 Å². The number of nitrogens with two attached hydrogens (primary N) is 1. The van der Waals surface area contributed by atoms with Crippen LogP contribution < -0.4 is 5.73 Å². The summed E-state index contributed by atoms with van der Waals surface area (Å²) in [6.07, 6.45) is 2.86. The Labute approximate surface area is 98.4 Å². The van der Waals surface area contributed by atoms with Gasteiger partial charge in [-0.2, -0.15) is 0 Å². The Morgan fingerprint density at radius 1 is 1.38 bits per heavy atom. The first-order valence-electron chi connectivity index (χ1n) is 6.26. The zero-order valence-corrected chi connectivity index (χ0v) is 10.4. The van der Waals surface area contributed by atoms with Crippen LogP contribution in [0.25, 0.3) is 0 Å². The van der Waals surface area contributed by atoms with Crippen LogP contribution in [0.15, 0.2) is 18.2 Å². The smallest absolute Gasteiger partial charge is 0.0343 e. The van der Waals surface area contributed by atoms with Gasteiger partial charge in [0.05, 0.1) is 0 Å². The standard InChI is InChI=1S/C14H22N2/c1-3-16(9-12-4-5-12)10-13-6-7-14(15)11(2)8-13/h6-8,12H,3-5,9-10,15H2,1-2H3. The minimum Gasteiger partial charge on any atom is -0.399 e. The molecule has 0 saturated heterocycles. The van der Waals surface area contributed by atoms with E-state index in [1.165, 1.54) is 30.5 Å². The molecule has 1 saturated carbocycles. The van der Waals surface area contributed by atoms with Crippen molar-refractivity contribution in [3.05, 3.63) is 29.3 Å². The van der Waals surface area contributed by atoms with Crippen molar-refractivity contribution in [2.24, 2.45) is 5.92 Å². The van der Waals surface area contributed by atoms with Gasteiger partial charge >= 0.3 is 0 Å². The normalized spacial score (nSPS) is 15.7. The lowest BCUT2D eigenvalue weighted by Gasteiger charge is -2.20. The van der Waals surface area contributed by atoms with Gasteiger partial charge < -0.3 is 5.73 Å². The number of aryl methyl sites for hydroxylation is 1. The minimum absolute atomic E-state index is 0.897. The average Bonchev–Trinajstić information content (AvgIpc) is 3.06. The molecular weight excluding hydrogens is 196 g/mol. The first kappa shape index (κ1) is 11.5. The molecule has 0 bridgehead atoms. The van der Waals surface area contributed by atoms with Gasteiger partial charge in [0.25, 0.3) is 0 Å². The van der Waals surface area contributed by atoms with E-state index in [1.54, 1.807) is 0 Å². The van der Waals surface area contributed by atoms with Crippen molar-refractivity contribution >= 4 is 5.69 Å². The molecule has 0 aromatic heterocycles. The van der Waals surface area contributed by atoms with Gasteiger partial charge in [-0.15, -0.1) is 0 Å². The zero-order valence-electron chi connectivity index (χ0n) is 10.4. The Morgan fingerprint density at radius 2 is 2.12 bits per heavy atom. The summed E-state index contributed by atoms with van der Waals surface area (Å²) >= 11 is 0. The summed E-state index contributed by atoms with van der Waals surface area (Å²) in [6, 6.07) is 6.39. The molecule has 2 N–H and O–H groups in total. The number of rotatable bonds is 5. The van der Waals surface area contributed by atoms with E-state index < -0.39 is 0 Å². The predicted octanol–water partition coefficient (Wildman–Crippen LogP) is 2.81. The molecule has 88 valence electrons. The molecule has 1 aliphatic carbocycles. The number of nitrogens with zero attached hydrogens (tertiary/aromatic N) is 1. The molecule has 1 aromatic carbocycles. The van der Waals surface area contributed by atoms with Crippen molar-refractivity contribution in [1.82, 2.24) is 4.90 Å². The fourth-order valence-corrected chi connectivity index (χ4v) is 2.07. The van der Waals surface area contributed by atoms with E-state index in [4.69, 9.17) is 5.73 Å². The molecule has 0 atom stereocenters. The highest BCUT2D eigenvalue weighted by Crippen LogP contribution is 2.30. The summed E-state index contributed by atoms with van der Waals surface area (Å²) in [5.41, 5.74) is 9.30. The van der Waals surface area contributed by atoms with Gasteiger partial charge in [0.2, 0.25) is 0 Å². The van der Waals surface area contributed by atoms with Crippen LogP contribution in [0.3, 0.4) is 0 Å². The van der Waals surface area contributed by atoms with E-state index in [-0.39, 0.29) is 0 Å². The number of anilines is 1. The fourth-order valence-electron chi connectivity index (χ4n) is 2.07. The zero-order chi connectivity index (χ0) is 11.5. The highest BCUT2D eigenvalue weighted by atomic mass is 15.1. The third-order valence-electron chi connectivity index (χ3n) is 3.40. The molecule has 1 fully saturated rings. The van der Waals surface area contributed by atoms with Gasteiger partial charge in [-0.25, -0.2) is 0 Å². The van der Waals surface area contributed by atoms with Crippen molar-refractivity contribution < 1.29 is 0 Å². The second kappa shape index (κ2) is 4.88. The van der Waals surface area contributed by atoms with E-state index in [0.717, 1.165) is 24.7 Å². The van der Waals surface area contributed by atoms with E-state index in [9.17, 15) is 0 Å². The van der Waals surface area contributed by atoms with Crippen molar-refractivity contribution in [1.29, 1.82) is 0 Å². The summed E-state index contributed by atoms with van der Waals surface area (Å²) in [5.74, 6) is 0.967. The molecule has 2 rings (SSSR count). The fraction of sp³-hybridized carbons (Fsp3) is 0.571. The van der Waals surface area contributed by atoms with Gasteiger partial charge in [-0.3, -0.25) is 4.90 Å². The van der Waals surface area contributed by atoms with Crippen LogP contribution in [-0.4, -0.2) is 18.0 Å². The molecule has 2 nitrogen and oxygen atoms in total. The lowest BCUT2D eigenvalue weighted by atomic mass is 10.1. The van der Waals surface area contributed by atoms with Crippen molar-refractivity contribution in [2.75, 3.05) is 18.8 Å². The molecule has 0 spiro atoms. The Balaban J connectivity index is 1.97. The number of hydrogen-bond donors (Lipinski definition) is 1. The Hall–Kier alpha value is -1.02. The average molecular weight is 218 g/mol. The van der Waals surface area contributed by atoms with Gasteiger partial charge in [-0.1, -0.05) is 19.1 Å². The van der Waals surface area contributed by atoms with Crippen LogP contribution in [0.2, 0.25) is 0 Å². The first-order chi connectivity index (χ1) is 7.69. The molecule has 0 aliphatic heterocycles. The summed E-state index contributed by atoms with van der Waals surface area (Å²) in [5, 5.41) is 0. The largest absolute Gasteiger partial charge is 0.399 e. The second-order valence-corrected chi connectivity index (χ2v) is 4.96. The maximum Gasteiger partial charge on any atom is 0.0343 e. The van der Waals surface area contributed by atoms with Crippen LogP contribution >= 0.6 is 0 Å². The monoisotopic (exact) mass is 218 g/mol. The quantitative estimate of drug-likeness (QED) is 0.770. The summed E-state index contributed by atoms with van der Waals surface area (Å²) < 4.78 is 0. The number of hydrogen-bond acceptors (Lipinski definition) is 2. The topological polar surface area (TPSA) is 29.3 Å². The van der Waals surface area contributed by atoms with Crippen molar-refractivity contribution in [2.45, 2.75) is 33.2 Å². The Kier molecular flexibility index (Phi) is 3.49. The lowest BCUT2D eigenvalue weighted by molar-refractivity contribution is 0.268. The molecule has 0 unspecified atom stereocenters. The third kappa shape index (κ3) is 2.99. The molecule has 2 heteroatoms. The van der Waals surface area contributed by atoms with E-state index in [1.807, 2.05) is 6.07 Å². The van der Waals surface area contributed by atoms with Gasteiger partial charge in [0, 0.05) is 18.8 Å². The predicted molar refractivity (Wildman–Crippen MR) is 69.3 cm³/mol. The van der Waals surface area contributed by atoms with Crippen LogP contribution in [0, 0.1) is 12.8 Å². The Bertz CT molecular complexity index is 356.